The second-order valence-corrected chi connectivity index (χ2v) is 3.51. The van der Waals surface area contributed by atoms with Crippen molar-refractivity contribution in [3.05, 3.63) is 35.8 Å². The van der Waals surface area contributed by atoms with E-state index in [2.05, 4.69) is 9.97 Å². The maximum absolute atomic E-state index is 9.24. The van der Waals surface area contributed by atoms with Crippen molar-refractivity contribution in [2.75, 3.05) is 7.11 Å². The number of para-hydroxylation sites is 1. The summed E-state index contributed by atoms with van der Waals surface area (Å²) < 4.78 is 5.27. The Balaban J connectivity index is 2.57. The van der Waals surface area contributed by atoms with Gasteiger partial charge >= 0.3 is 0 Å². The minimum atomic E-state index is -0.0613. The summed E-state index contributed by atoms with van der Waals surface area (Å²) in [6.45, 7) is 1.80. The van der Waals surface area contributed by atoms with Gasteiger partial charge in [-0.1, -0.05) is 12.1 Å². The molecule has 0 aliphatic heterocycles. The van der Waals surface area contributed by atoms with E-state index in [1.54, 1.807) is 7.11 Å². The lowest BCUT2D eigenvalue weighted by Gasteiger charge is -2.06. The van der Waals surface area contributed by atoms with Crippen LogP contribution in [0.4, 0.5) is 0 Å². The van der Waals surface area contributed by atoms with E-state index in [0.29, 0.717) is 5.69 Å². The van der Waals surface area contributed by atoms with Crippen molar-refractivity contribution < 1.29 is 9.84 Å². The highest BCUT2D eigenvalue weighted by atomic mass is 16.5. The molecule has 0 atom stereocenters. The van der Waals surface area contributed by atoms with Crippen LogP contribution in [-0.4, -0.2) is 22.2 Å². The van der Waals surface area contributed by atoms with Crippen LogP contribution in [0.25, 0.3) is 11.3 Å². The highest BCUT2D eigenvalue weighted by Gasteiger charge is 2.13. The summed E-state index contributed by atoms with van der Waals surface area (Å²) in [5, 5.41) is 9.24. The molecular formula is C12H14N2O2. The van der Waals surface area contributed by atoms with E-state index in [-0.39, 0.29) is 6.61 Å². The molecule has 0 bridgehead atoms. The maximum atomic E-state index is 9.24. The molecule has 4 nitrogen and oxygen atoms in total. The fraction of sp³-hybridized carbons (Fsp3) is 0.250. The number of rotatable bonds is 3. The minimum absolute atomic E-state index is 0.0613. The van der Waals surface area contributed by atoms with E-state index in [4.69, 9.17) is 4.74 Å². The second-order valence-electron chi connectivity index (χ2n) is 3.51. The van der Waals surface area contributed by atoms with Crippen LogP contribution in [0.2, 0.25) is 0 Å². The molecule has 0 radical (unpaired) electrons. The van der Waals surface area contributed by atoms with E-state index < -0.39 is 0 Å². The fourth-order valence-corrected chi connectivity index (χ4v) is 1.72. The molecule has 84 valence electrons. The number of H-pyrrole nitrogens is 1. The number of nitrogens with zero attached hydrogens (tertiary/aromatic N) is 1. The monoisotopic (exact) mass is 218 g/mol. The number of aliphatic hydroxyl groups excluding tert-OH is 1. The number of methoxy groups -OCH3 is 1. The van der Waals surface area contributed by atoms with Gasteiger partial charge in [0, 0.05) is 5.56 Å². The van der Waals surface area contributed by atoms with Gasteiger partial charge in [0.15, 0.2) is 0 Å². The van der Waals surface area contributed by atoms with Gasteiger partial charge in [-0.3, -0.25) is 0 Å². The molecule has 0 spiro atoms. The predicted octanol–water partition coefficient (Wildman–Crippen LogP) is 1.89. The Hall–Kier alpha value is -1.81. The Morgan fingerprint density at radius 2 is 2.12 bits per heavy atom. The van der Waals surface area contributed by atoms with Crippen molar-refractivity contribution in [1.82, 2.24) is 9.97 Å². The van der Waals surface area contributed by atoms with E-state index in [1.165, 1.54) is 0 Å². The molecule has 4 heteroatoms. The zero-order chi connectivity index (χ0) is 11.5. The van der Waals surface area contributed by atoms with Gasteiger partial charge < -0.3 is 14.8 Å². The van der Waals surface area contributed by atoms with Crippen molar-refractivity contribution in [3.63, 3.8) is 0 Å². The Kier molecular flexibility index (Phi) is 2.92. The predicted molar refractivity (Wildman–Crippen MR) is 61.2 cm³/mol. The first-order valence-corrected chi connectivity index (χ1v) is 5.06. The van der Waals surface area contributed by atoms with Crippen molar-refractivity contribution >= 4 is 0 Å². The number of aliphatic hydroxyl groups is 1. The zero-order valence-corrected chi connectivity index (χ0v) is 9.32. The van der Waals surface area contributed by atoms with Gasteiger partial charge in [0.25, 0.3) is 0 Å². The molecule has 2 N–H and O–H groups in total. The summed E-state index contributed by atoms with van der Waals surface area (Å²) >= 11 is 0. The van der Waals surface area contributed by atoms with Gasteiger partial charge in [-0.25, -0.2) is 4.98 Å². The van der Waals surface area contributed by atoms with Crippen LogP contribution >= 0.6 is 0 Å². The van der Waals surface area contributed by atoms with Gasteiger partial charge in [0.1, 0.15) is 11.6 Å². The molecule has 0 aliphatic rings. The number of imidazole rings is 1. The molecular weight excluding hydrogens is 204 g/mol. The van der Waals surface area contributed by atoms with Gasteiger partial charge in [-0.15, -0.1) is 0 Å². The van der Waals surface area contributed by atoms with Crippen LogP contribution in [0.3, 0.4) is 0 Å². The molecule has 2 rings (SSSR count). The number of aromatic nitrogens is 2. The van der Waals surface area contributed by atoms with Crippen LogP contribution in [0, 0.1) is 6.92 Å². The van der Waals surface area contributed by atoms with Gasteiger partial charge in [0.05, 0.1) is 25.1 Å². The van der Waals surface area contributed by atoms with E-state index in [1.807, 2.05) is 31.2 Å². The Morgan fingerprint density at radius 3 is 2.81 bits per heavy atom. The number of benzene rings is 1. The van der Waals surface area contributed by atoms with Crippen LogP contribution < -0.4 is 4.74 Å². The van der Waals surface area contributed by atoms with Gasteiger partial charge in [0.2, 0.25) is 0 Å². The topological polar surface area (TPSA) is 58.1 Å². The third kappa shape index (κ3) is 1.79. The summed E-state index contributed by atoms with van der Waals surface area (Å²) in [4.78, 5) is 7.39. The quantitative estimate of drug-likeness (QED) is 0.827. The molecule has 1 heterocycles. The SMILES string of the molecule is COc1ccccc1-c1nc(C)[nH]c1CO. The molecule has 16 heavy (non-hydrogen) atoms. The second kappa shape index (κ2) is 4.37. The molecule has 1 aromatic carbocycles. The standard InChI is InChI=1S/C12H14N2O2/c1-8-13-10(7-15)12(14-8)9-5-3-4-6-11(9)16-2/h3-6,15H,7H2,1-2H3,(H,13,14). The number of aryl methyl sites for hydroxylation is 1. The lowest BCUT2D eigenvalue weighted by atomic mass is 10.1. The Bertz CT molecular complexity index is 492. The van der Waals surface area contributed by atoms with Crippen LogP contribution in [0.5, 0.6) is 5.75 Å². The molecule has 1 aromatic heterocycles. The van der Waals surface area contributed by atoms with E-state index in [9.17, 15) is 5.11 Å². The lowest BCUT2D eigenvalue weighted by molar-refractivity contribution is 0.278. The van der Waals surface area contributed by atoms with Crippen molar-refractivity contribution in [2.45, 2.75) is 13.5 Å². The first kappa shape index (κ1) is 10.7. The van der Waals surface area contributed by atoms with Crippen LogP contribution in [0.15, 0.2) is 24.3 Å². The molecule has 0 amide bonds. The number of aromatic amines is 1. The summed E-state index contributed by atoms with van der Waals surface area (Å²) in [5.41, 5.74) is 2.35. The first-order chi connectivity index (χ1) is 7.76. The summed E-state index contributed by atoms with van der Waals surface area (Å²) in [6, 6.07) is 7.62. The lowest BCUT2D eigenvalue weighted by Crippen LogP contribution is -1.91. The highest BCUT2D eigenvalue weighted by Crippen LogP contribution is 2.30. The highest BCUT2D eigenvalue weighted by molar-refractivity contribution is 5.69. The van der Waals surface area contributed by atoms with Crippen molar-refractivity contribution in [3.8, 4) is 17.0 Å². The van der Waals surface area contributed by atoms with E-state index >= 15 is 0 Å². The Labute approximate surface area is 93.9 Å². The minimum Gasteiger partial charge on any atom is -0.496 e. The average Bonchev–Trinajstić information content (AvgIpc) is 2.70. The largest absolute Gasteiger partial charge is 0.496 e. The molecule has 0 fully saturated rings. The van der Waals surface area contributed by atoms with Gasteiger partial charge in [-0.2, -0.15) is 0 Å². The zero-order valence-electron chi connectivity index (χ0n) is 9.32. The summed E-state index contributed by atoms with van der Waals surface area (Å²) in [7, 11) is 1.62. The van der Waals surface area contributed by atoms with Crippen molar-refractivity contribution in [1.29, 1.82) is 0 Å². The summed E-state index contributed by atoms with van der Waals surface area (Å²) in [5.74, 6) is 1.54. The molecule has 0 saturated carbocycles. The summed E-state index contributed by atoms with van der Waals surface area (Å²) in [6.07, 6.45) is 0. The molecule has 0 saturated heterocycles. The average molecular weight is 218 g/mol. The third-order valence-electron chi connectivity index (χ3n) is 2.42. The first-order valence-electron chi connectivity index (χ1n) is 5.06. The number of hydrogen-bond donors (Lipinski definition) is 2. The van der Waals surface area contributed by atoms with Crippen molar-refractivity contribution in [2.24, 2.45) is 0 Å². The smallest absolute Gasteiger partial charge is 0.128 e. The van der Waals surface area contributed by atoms with Crippen LogP contribution in [0.1, 0.15) is 11.5 Å². The number of nitrogens with one attached hydrogen (secondary N) is 1. The molecule has 0 aliphatic carbocycles. The number of hydrogen-bond acceptors (Lipinski definition) is 3. The van der Waals surface area contributed by atoms with Crippen LogP contribution in [-0.2, 0) is 6.61 Å². The van der Waals surface area contributed by atoms with E-state index in [0.717, 1.165) is 22.8 Å². The third-order valence-corrected chi connectivity index (χ3v) is 2.42. The Morgan fingerprint density at radius 1 is 1.38 bits per heavy atom. The fourth-order valence-electron chi connectivity index (χ4n) is 1.72. The molecule has 2 aromatic rings. The maximum Gasteiger partial charge on any atom is 0.128 e. The normalized spacial score (nSPS) is 10.4. The van der Waals surface area contributed by atoms with Gasteiger partial charge in [-0.05, 0) is 19.1 Å². The molecule has 0 unspecified atom stereocenters. The number of ether oxygens (including phenoxy) is 1.